The second-order valence-corrected chi connectivity index (χ2v) is 6.56. The average Bonchev–Trinajstić information content (AvgIpc) is 2.93. The summed E-state index contributed by atoms with van der Waals surface area (Å²) >= 11 is 0. The van der Waals surface area contributed by atoms with Crippen molar-refractivity contribution >= 4 is 17.4 Å². The lowest BCUT2D eigenvalue weighted by atomic mass is 9.96. The normalized spacial score (nSPS) is 19.1. The first-order chi connectivity index (χ1) is 13.0. The third-order valence-electron chi connectivity index (χ3n) is 4.39. The maximum Gasteiger partial charge on any atom is 0.295 e. The van der Waals surface area contributed by atoms with Gasteiger partial charge in [0.05, 0.1) is 24.3 Å². The Balaban J connectivity index is 2.05. The van der Waals surface area contributed by atoms with E-state index in [1.165, 1.54) is 4.90 Å². The number of ketones is 1. The molecule has 3 rings (SSSR count). The highest BCUT2D eigenvalue weighted by Crippen LogP contribution is 2.38. The summed E-state index contributed by atoms with van der Waals surface area (Å²) < 4.78 is 5.56. The van der Waals surface area contributed by atoms with Crippen LogP contribution in [-0.2, 0) is 14.3 Å². The fourth-order valence-electron chi connectivity index (χ4n) is 3.14. The first kappa shape index (κ1) is 18.8. The monoisotopic (exact) mass is 366 g/mol. The molecule has 0 radical (unpaired) electrons. The molecule has 0 bridgehead atoms. The van der Waals surface area contributed by atoms with Gasteiger partial charge in [-0.25, -0.2) is 0 Å². The van der Waals surface area contributed by atoms with E-state index in [2.05, 4.69) is 4.98 Å². The molecule has 27 heavy (non-hydrogen) atoms. The second kappa shape index (κ2) is 8.14. The molecule has 1 aliphatic rings. The molecule has 0 spiro atoms. The van der Waals surface area contributed by atoms with Gasteiger partial charge in [0.15, 0.2) is 0 Å². The minimum atomic E-state index is -0.692. The molecule has 1 unspecified atom stereocenters. The first-order valence-corrected chi connectivity index (χ1v) is 8.86. The molecule has 1 amide bonds. The van der Waals surface area contributed by atoms with Gasteiger partial charge in [-0.3, -0.25) is 14.6 Å². The van der Waals surface area contributed by atoms with E-state index in [0.29, 0.717) is 17.7 Å². The van der Waals surface area contributed by atoms with E-state index in [1.807, 2.05) is 19.9 Å². The van der Waals surface area contributed by atoms with Gasteiger partial charge in [0.2, 0.25) is 0 Å². The molecular weight excluding hydrogens is 344 g/mol. The van der Waals surface area contributed by atoms with Crippen molar-refractivity contribution in [3.05, 3.63) is 71.6 Å². The van der Waals surface area contributed by atoms with Crippen molar-refractivity contribution in [1.29, 1.82) is 0 Å². The number of Topliss-reactive ketones (excluding diaryl/α,β-unsaturated/α-hetero) is 1. The molecule has 2 aromatic rings. The molecule has 6 nitrogen and oxygen atoms in total. The van der Waals surface area contributed by atoms with Crippen LogP contribution < -0.4 is 0 Å². The maximum absolute atomic E-state index is 12.7. The second-order valence-electron chi connectivity index (χ2n) is 6.56. The number of aliphatic hydroxyl groups is 1. The number of ether oxygens (including phenoxy) is 1. The third-order valence-corrected chi connectivity index (χ3v) is 4.39. The van der Waals surface area contributed by atoms with E-state index in [4.69, 9.17) is 4.74 Å². The van der Waals surface area contributed by atoms with Crippen LogP contribution in [0.3, 0.4) is 0 Å². The number of amides is 1. The van der Waals surface area contributed by atoms with Gasteiger partial charge in [0.1, 0.15) is 5.76 Å². The van der Waals surface area contributed by atoms with Crippen molar-refractivity contribution in [2.24, 2.45) is 0 Å². The van der Waals surface area contributed by atoms with Crippen LogP contribution in [0.25, 0.3) is 5.76 Å². The minimum Gasteiger partial charge on any atom is -0.507 e. The lowest BCUT2D eigenvalue weighted by Gasteiger charge is -2.25. The predicted octanol–water partition coefficient (Wildman–Crippen LogP) is 2.93. The Hall–Kier alpha value is -2.99. The molecule has 1 aromatic carbocycles. The minimum absolute atomic E-state index is 0.0190. The molecule has 1 fully saturated rings. The van der Waals surface area contributed by atoms with Crippen LogP contribution in [0, 0.1) is 0 Å². The highest BCUT2D eigenvalue weighted by atomic mass is 16.5. The number of hydrogen-bond donors (Lipinski definition) is 1. The number of nitrogens with zero attached hydrogens (tertiary/aromatic N) is 2. The number of aromatic nitrogens is 1. The van der Waals surface area contributed by atoms with E-state index in [9.17, 15) is 14.7 Å². The highest BCUT2D eigenvalue weighted by Gasteiger charge is 2.45. The largest absolute Gasteiger partial charge is 0.507 e. The van der Waals surface area contributed by atoms with Gasteiger partial charge in [-0.2, -0.15) is 0 Å². The molecule has 1 aromatic heterocycles. The number of carbonyl (C=O) groups excluding carboxylic acids is 2. The SMILES string of the molecule is CC(C)OCCN1C(=O)C(=O)/C(=C(\O)c2ccccc2)C1c1ccncc1. The van der Waals surface area contributed by atoms with Gasteiger partial charge in [0, 0.05) is 24.5 Å². The van der Waals surface area contributed by atoms with Crippen LogP contribution in [0.1, 0.15) is 31.0 Å². The summed E-state index contributed by atoms with van der Waals surface area (Å²) in [4.78, 5) is 30.9. The van der Waals surface area contributed by atoms with Gasteiger partial charge in [-0.05, 0) is 31.5 Å². The Labute approximate surface area is 158 Å². The van der Waals surface area contributed by atoms with Crippen LogP contribution in [0.5, 0.6) is 0 Å². The van der Waals surface area contributed by atoms with Gasteiger partial charge < -0.3 is 14.7 Å². The van der Waals surface area contributed by atoms with E-state index in [0.717, 1.165) is 0 Å². The van der Waals surface area contributed by atoms with Gasteiger partial charge >= 0.3 is 0 Å². The molecule has 1 saturated heterocycles. The number of aliphatic hydroxyl groups excluding tert-OH is 1. The molecule has 0 aliphatic carbocycles. The average molecular weight is 366 g/mol. The van der Waals surface area contributed by atoms with Crippen LogP contribution in [0.15, 0.2) is 60.4 Å². The lowest BCUT2D eigenvalue weighted by molar-refractivity contribution is -0.140. The van der Waals surface area contributed by atoms with Crippen LogP contribution >= 0.6 is 0 Å². The summed E-state index contributed by atoms with van der Waals surface area (Å²) in [6.07, 6.45) is 3.22. The van der Waals surface area contributed by atoms with Crippen molar-refractivity contribution in [2.75, 3.05) is 13.2 Å². The van der Waals surface area contributed by atoms with Gasteiger partial charge in [0.25, 0.3) is 11.7 Å². The number of hydrogen-bond acceptors (Lipinski definition) is 5. The smallest absolute Gasteiger partial charge is 0.295 e. The van der Waals surface area contributed by atoms with Crippen molar-refractivity contribution in [3.8, 4) is 0 Å². The third kappa shape index (κ3) is 3.90. The summed E-state index contributed by atoms with van der Waals surface area (Å²) in [5.41, 5.74) is 1.29. The summed E-state index contributed by atoms with van der Waals surface area (Å²) in [5.74, 6) is -1.51. The number of benzene rings is 1. The summed E-state index contributed by atoms with van der Waals surface area (Å²) in [5, 5.41) is 10.8. The highest BCUT2D eigenvalue weighted by molar-refractivity contribution is 6.46. The Bertz CT molecular complexity index is 847. The molecule has 1 aliphatic heterocycles. The molecule has 6 heteroatoms. The van der Waals surface area contributed by atoms with E-state index >= 15 is 0 Å². The number of likely N-dealkylation sites (tertiary alicyclic amines) is 1. The Kier molecular flexibility index (Phi) is 5.66. The molecule has 1 N–H and O–H groups in total. The fraction of sp³-hybridized carbons (Fsp3) is 0.286. The lowest BCUT2D eigenvalue weighted by Crippen LogP contribution is -2.33. The van der Waals surface area contributed by atoms with Crippen LogP contribution in [-0.4, -0.2) is 45.9 Å². The number of carbonyl (C=O) groups is 2. The van der Waals surface area contributed by atoms with E-state index in [-0.39, 0.29) is 24.0 Å². The van der Waals surface area contributed by atoms with Crippen LogP contribution in [0.2, 0.25) is 0 Å². The number of rotatable bonds is 6. The topological polar surface area (TPSA) is 79.7 Å². The standard InChI is InChI=1S/C21H22N2O4/c1-14(2)27-13-12-23-18(15-8-10-22-11-9-15)17(20(25)21(23)26)19(24)16-6-4-3-5-7-16/h3-11,14,18,24H,12-13H2,1-2H3/b19-17-. The van der Waals surface area contributed by atoms with Gasteiger partial charge in [-0.15, -0.1) is 0 Å². The fourth-order valence-corrected chi connectivity index (χ4v) is 3.14. The van der Waals surface area contributed by atoms with E-state index in [1.54, 1.807) is 48.8 Å². The summed E-state index contributed by atoms with van der Waals surface area (Å²) in [6, 6.07) is 11.6. The summed E-state index contributed by atoms with van der Waals surface area (Å²) in [7, 11) is 0. The molecule has 1 atom stereocenters. The molecule has 2 heterocycles. The van der Waals surface area contributed by atoms with Crippen LogP contribution in [0.4, 0.5) is 0 Å². The molecule has 140 valence electrons. The summed E-state index contributed by atoms with van der Waals surface area (Å²) in [6.45, 7) is 4.37. The zero-order valence-corrected chi connectivity index (χ0v) is 15.3. The van der Waals surface area contributed by atoms with Crippen molar-refractivity contribution < 1.29 is 19.4 Å². The zero-order valence-electron chi connectivity index (χ0n) is 15.3. The molecular formula is C21H22N2O4. The predicted molar refractivity (Wildman–Crippen MR) is 101 cm³/mol. The zero-order chi connectivity index (χ0) is 19.4. The van der Waals surface area contributed by atoms with Crippen molar-refractivity contribution in [1.82, 2.24) is 9.88 Å². The Morgan fingerprint density at radius 2 is 1.81 bits per heavy atom. The maximum atomic E-state index is 12.7. The van der Waals surface area contributed by atoms with E-state index < -0.39 is 17.7 Å². The van der Waals surface area contributed by atoms with Gasteiger partial charge in [-0.1, -0.05) is 30.3 Å². The van der Waals surface area contributed by atoms with Crippen molar-refractivity contribution in [3.63, 3.8) is 0 Å². The number of pyridine rings is 1. The Morgan fingerprint density at radius 1 is 1.15 bits per heavy atom. The quantitative estimate of drug-likeness (QED) is 0.483. The van der Waals surface area contributed by atoms with Crippen molar-refractivity contribution in [2.45, 2.75) is 26.0 Å². The first-order valence-electron chi connectivity index (χ1n) is 8.86. The molecule has 0 saturated carbocycles. The Morgan fingerprint density at radius 3 is 2.44 bits per heavy atom.